The van der Waals surface area contributed by atoms with E-state index in [1.54, 1.807) is 12.2 Å². The van der Waals surface area contributed by atoms with Gasteiger partial charge in [0.2, 0.25) is 0 Å². The third-order valence-electron chi connectivity index (χ3n) is 7.04. The summed E-state index contributed by atoms with van der Waals surface area (Å²) in [4.78, 5) is 2.63. The van der Waals surface area contributed by atoms with E-state index in [0.29, 0.717) is 0 Å². The highest BCUT2D eigenvalue weighted by molar-refractivity contribution is 5.84. The molecule has 0 bridgehead atoms. The number of alkyl halides is 3. The molecule has 1 aromatic rings. The number of hydrogen-bond acceptors (Lipinski definition) is 2. The summed E-state index contributed by atoms with van der Waals surface area (Å²) < 4.78 is 39.3. The van der Waals surface area contributed by atoms with Gasteiger partial charge in [0, 0.05) is 18.6 Å². The standard InChI is InChI=1S/C25H31F3N2/c1-24(13-15-29-16-14-24)30-17-11-21(12-18-30)23(19-5-3-2-4-6-19)20-7-9-22(10-8-20)25(26,27)28/h2-9,22,29H,10-18H2,1H3. The lowest BCUT2D eigenvalue weighted by Crippen LogP contribution is -2.54. The molecule has 2 saturated heterocycles. The van der Waals surface area contributed by atoms with Crippen LogP contribution in [0.25, 0.3) is 5.57 Å². The highest BCUT2D eigenvalue weighted by atomic mass is 19.4. The Bertz CT molecular complexity index is 820. The molecule has 0 radical (unpaired) electrons. The molecule has 2 fully saturated rings. The smallest absolute Gasteiger partial charge is 0.317 e. The molecule has 0 spiro atoms. The van der Waals surface area contributed by atoms with Crippen LogP contribution in [0.15, 0.2) is 59.7 Å². The molecular weight excluding hydrogens is 385 g/mol. The van der Waals surface area contributed by atoms with Gasteiger partial charge in [-0.1, -0.05) is 54.1 Å². The lowest BCUT2D eigenvalue weighted by atomic mass is 9.82. The first kappa shape index (κ1) is 21.4. The SMILES string of the molecule is CC1(N2CCC(=C(C3=CCC(C(F)(F)F)C=C3)c3ccccc3)CC2)CCNCC1. The predicted molar refractivity (Wildman–Crippen MR) is 116 cm³/mol. The number of piperidine rings is 2. The Morgan fingerprint density at radius 3 is 2.30 bits per heavy atom. The van der Waals surface area contributed by atoms with Crippen LogP contribution in [0.3, 0.4) is 0 Å². The Balaban J connectivity index is 1.58. The maximum atomic E-state index is 13.1. The maximum Gasteiger partial charge on any atom is 0.395 e. The van der Waals surface area contributed by atoms with Crippen molar-refractivity contribution in [1.82, 2.24) is 10.2 Å². The van der Waals surface area contributed by atoms with Gasteiger partial charge in [-0.15, -0.1) is 0 Å². The molecule has 2 aliphatic heterocycles. The number of nitrogens with zero attached hydrogens (tertiary/aromatic N) is 1. The molecule has 30 heavy (non-hydrogen) atoms. The van der Waals surface area contributed by atoms with Crippen molar-refractivity contribution in [2.45, 2.75) is 50.7 Å². The average molecular weight is 417 g/mol. The first-order chi connectivity index (χ1) is 14.4. The van der Waals surface area contributed by atoms with Crippen molar-refractivity contribution in [1.29, 1.82) is 0 Å². The first-order valence-electron chi connectivity index (χ1n) is 11.1. The fourth-order valence-electron chi connectivity index (χ4n) is 5.08. The van der Waals surface area contributed by atoms with Crippen LogP contribution in [-0.2, 0) is 0 Å². The Morgan fingerprint density at radius 1 is 1.07 bits per heavy atom. The average Bonchev–Trinajstić information content (AvgIpc) is 2.75. The van der Waals surface area contributed by atoms with Crippen LogP contribution in [-0.4, -0.2) is 42.8 Å². The topological polar surface area (TPSA) is 15.3 Å². The summed E-state index contributed by atoms with van der Waals surface area (Å²) in [6, 6.07) is 10.2. The second kappa shape index (κ2) is 8.72. The molecule has 0 amide bonds. The summed E-state index contributed by atoms with van der Waals surface area (Å²) >= 11 is 0. The molecule has 1 atom stereocenters. The summed E-state index contributed by atoms with van der Waals surface area (Å²) in [6.45, 7) is 6.56. The van der Waals surface area contributed by atoms with Crippen LogP contribution in [0.4, 0.5) is 13.2 Å². The molecule has 5 heteroatoms. The van der Waals surface area contributed by atoms with E-state index in [-0.39, 0.29) is 12.0 Å². The van der Waals surface area contributed by atoms with Crippen LogP contribution in [0.1, 0.15) is 44.6 Å². The van der Waals surface area contributed by atoms with Gasteiger partial charge in [-0.2, -0.15) is 13.2 Å². The number of rotatable bonds is 3. The van der Waals surface area contributed by atoms with Crippen molar-refractivity contribution < 1.29 is 13.2 Å². The normalized spacial score (nSPS) is 25.1. The summed E-state index contributed by atoms with van der Waals surface area (Å²) in [5.74, 6) is -1.37. The lowest BCUT2D eigenvalue weighted by molar-refractivity contribution is -0.160. The molecule has 1 aromatic carbocycles. The van der Waals surface area contributed by atoms with Crippen molar-refractivity contribution in [2.75, 3.05) is 26.2 Å². The minimum Gasteiger partial charge on any atom is -0.317 e. The van der Waals surface area contributed by atoms with E-state index >= 15 is 0 Å². The zero-order valence-electron chi connectivity index (χ0n) is 17.6. The van der Waals surface area contributed by atoms with Gasteiger partial charge in [0.1, 0.15) is 0 Å². The largest absolute Gasteiger partial charge is 0.395 e. The van der Waals surface area contributed by atoms with Crippen molar-refractivity contribution >= 4 is 5.57 Å². The quantitative estimate of drug-likeness (QED) is 0.676. The number of allylic oxidation sites excluding steroid dienone is 5. The summed E-state index contributed by atoms with van der Waals surface area (Å²) in [5, 5.41) is 3.45. The zero-order chi connectivity index (χ0) is 21.2. The van der Waals surface area contributed by atoms with Gasteiger partial charge in [0.15, 0.2) is 0 Å². The van der Waals surface area contributed by atoms with Gasteiger partial charge in [-0.3, -0.25) is 4.90 Å². The van der Waals surface area contributed by atoms with Gasteiger partial charge in [-0.25, -0.2) is 0 Å². The minimum absolute atomic E-state index is 0.0240. The molecule has 3 aliphatic rings. The van der Waals surface area contributed by atoms with E-state index in [1.165, 1.54) is 24.5 Å². The van der Waals surface area contributed by atoms with Crippen molar-refractivity contribution in [2.24, 2.45) is 5.92 Å². The highest BCUT2D eigenvalue weighted by Crippen LogP contribution is 2.40. The van der Waals surface area contributed by atoms with Crippen LogP contribution in [0.2, 0.25) is 0 Å². The van der Waals surface area contributed by atoms with E-state index in [4.69, 9.17) is 0 Å². The molecule has 1 unspecified atom stereocenters. The summed E-state index contributed by atoms with van der Waals surface area (Å²) in [7, 11) is 0. The van der Waals surface area contributed by atoms with Crippen molar-refractivity contribution in [3.63, 3.8) is 0 Å². The second-order valence-corrected chi connectivity index (χ2v) is 8.98. The number of likely N-dealkylation sites (tertiary alicyclic amines) is 1. The molecule has 0 saturated carbocycles. The third kappa shape index (κ3) is 4.57. The van der Waals surface area contributed by atoms with Gasteiger partial charge in [0.25, 0.3) is 0 Å². The van der Waals surface area contributed by atoms with Crippen LogP contribution < -0.4 is 5.32 Å². The molecule has 1 aliphatic carbocycles. The Kier molecular flexibility index (Phi) is 6.21. The van der Waals surface area contributed by atoms with Gasteiger partial charge in [-0.05, 0) is 68.8 Å². The molecule has 2 nitrogen and oxygen atoms in total. The lowest BCUT2D eigenvalue weighted by Gasteiger charge is -2.46. The van der Waals surface area contributed by atoms with Crippen LogP contribution in [0, 0.1) is 5.92 Å². The maximum absolute atomic E-state index is 13.1. The molecular formula is C25H31F3N2. The summed E-state index contributed by atoms with van der Waals surface area (Å²) in [6.07, 6.45) is 4.96. The van der Waals surface area contributed by atoms with E-state index in [9.17, 15) is 13.2 Å². The minimum atomic E-state index is -4.17. The molecule has 0 aromatic heterocycles. The summed E-state index contributed by atoms with van der Waals surface area (Å²) in [5.41, 5.74) is 4.82. The highest BCUT2D eigenvalue weighted by Gasteiger charge is 2.38. The van der Waals surface area contributed by atoms with E-state index < -0.39 is 12.1 Å². The first-order valence-corrected chi connectivity index (χ1v) is 11.1. The van der Waals surface area contributed by atoms with E-state index in [0.717, 1.165) is 55.7 Å². The number of nitrogens with one attached hydrogen (secondary N) is 1. The fraction of sp³-hybridized carbons (Fsp3) is 0.520. The zero-order valence-corrected chi connectivity index (χ0v) is 17.6. The van der Waals surface area contributed by atoms with E-state index in [1.807, 2.05) is 18.2 Å². The molecule has 162 valence electrons. The number of benzene rings is 1. The molecule has 2 heterocycles. The van der Waals surface area contributed by atoms with Gasteiger partial charge in [0.05, 0.1) is 5.92 Å². The predicted octanol–water partition coefficient (Wildman–Crippen LogP) is 5.74. The monoisotopic (exact) mass is 416 g/mol. The van der Waals surface area contributed by atoms with Gasteiger partial charge < -0.3 is 5.32 Å². The van der Waals surface area contributed by atoms with Crippen LogP contribution >= 0.6 is 0 Å². The Labute approximate surface area is 177 Å². The van der Waals surface area contributed by atoms with E-state index in [2.05, 4.69) is 29.3 Å². The second-order valence-electron chi connectivity index (χ2n) is 8.98. The van der Waals surface area contributed by atoms with Gasteiger partial charge >= 0.3 is 6.18 Å². The molecule has 4 rings (SSSR count). The van der Waals surface area contributed by atoms with Crippen molar-refractivity contribution in [3.05, 3.63) is 65.3 Å². The third-order valence-corrected chi connectivity index (χ3v) is 7.04. The fourth-order valence-corrected chi connectivity index (χ4v) is 5.08. The Morgan fingerprint density at radius 2 is 1.73 bits per heavy atom. The number of hydrogen-bond donors (Lipinski definition) is 1. The van der Waals surface area contributed by atoms with Crippen molar-refractivity contribution in [3.8, 4) is 0 Å². The molecule has 1 N–H and O–H groups in total. The van der Waals surface area contributed by atoms with Crippen LogP contribution in [0.5, 0.6) is 0 Å². The number of halogens is 3. The Hall–Kier alpha value is -1.85.